The summed E-state index contributed by atoms with van der Waals surface area (Å²) in [6, 6.07) is 6.48. The molecule has 0 aliphatic carbocycles. The SMILES string of the molecule is CCCOc1ncc(C(=O)O)cc1-c1ccc(Cl)cc1Cl. The predicted molar refractivity (Wildman–Crippen MR) is 82.4 cm³/mol. The Hall–Kier alpha value is -1.78. The molecule has 6 heteroatoms. The summed E-state index contributed by atoms with van der Waals surface area (Å²) in [6.45, 7) is 2.46. The number of ether oxygens (including phenoxy) is 1. The van der Waals surface area contributed by atoms with E-state index in [9.17, 15) is 4.79 Å². The maximum Gasteiger partial charge on any atom is 0.337 e. The van der Waals surface area contributed by atoms with Crippen molar-refractivity contribution < 1.29 is 14.6 Å². The van der Waals surface area contributed by atoms with E-state index in [1.54, 1.807) is 18.2 Å². The van der Waals surface area contributed by atoms with Crippen molar-refractivity contribution in [2.45, 2.75) is 13.3 Å². The molecular formula is C15H13Cl2NO3. The molecular weight excluding hydrogens is 313 g/mol. The summed E-state index contributed by atoms with van der Waals surface area (Å²) < 4.78 is 5.57. The van der Waals surface area contributed by atoms with E-state index in [0.717, 1.165) is 6.42 Å². The summed E-state index contributed by atoms with van der Waals surface area (Å²) >= 11 is 12.1. The molecule has 2 aromatic rings. The maximum atomic E-state index is 11.1. The van der Waals surface area contributed by atoms with Crippen LogP contribution in [0.15, 0.2) is 30.5 Å². The molecule has 0 saturated heterocycles. The van der Waals surface area contributed by atoms with Crippen LogP contribution in [0.3, 0.4) is 0 Å². The highest BCUT2D eigenvalue weighted by atomic mass is 35.5. The molecule has 1 aromatic heterocycles. The third kappa shape index (κ3) is 3.65. The molecule has 0 aliphatic rings. The first kappa shape index (κ1) is 15.6. The lowest BCUT2D eigenvalue weighted by Crippen LogP contribution is -2.03. The number of carboxylic acid groups (broad SMARTS) is 1. The Kier molecular flexibility index (Phi) is 5.04. The summed E-state index contributed by atoms with van der Waals surface area (Å²) in [5.74, 6) is -0.707. The van der Waals surface area contributed by atoms with Gasteiger partial charge in [-0.15, -0.1) is 0 Å². The summed E-state index contributed by atoms with van der Waals surface area (Å²) in [7, 11) is 0. The number of rotatable bonds is 5. The number of hydrogen-bond acceptors (Lipinski definition) is 3. The molecule has 1 N–H and O–H groups in total. The summed E-state index contributed by atoms with van der Waals surface area (Å²) in [5.41, 5.74) is 1.23. The standard InChI is InChI=1S/C15H13Cl2NO3/c1-2-5-21-14-12(6-9(8-18-14)15(19)20)11-4-3-10(16)7-13(11)17/h3-4,6-8H,2,5H2,1H3,(H,19,20). The van der Waals surface area contributed by atoms with Crippen molar-refractivity contribution in [3.63, 3.8) is 0 Å². The van der Waals surface area contributed by atoms with Gasteiger partial charge in [-0.05, 0) is 24.6 Å². The largest absolute Gasteiger partial charge is 0.478 e. The monoisotopic (exact) mass is 325 g/mol. The van der Waals surface area contributed by atoms with Crippen molar-refractivity contribution >= 4 is 29.2 Å². The number of pyridine rings is 1. The molecule has 21 heavy (non-hydrogen) atoms. The van der Waals surface area contributed by atoms with Gasteiger partial charge in [0.15, 0.2) is 0 Å². The van der Waals surface area contributed by atoms with Crippen LogP contribution in [-0.4, -0.2) is 22.7 Å². The minimum atomic E-state index is -1.06. The average Bonchev–Trinajstić information content (AvgIpc) is 2.45. The lowest BCUT2D eigenvalue weighted by atomic mass is 10.1. The van der Waals surface area contributed by atoms with Gasteiger partial charge in [0.25, 0.3) is 0 Å². The molecule has 0 aliphatic heterocycles. The summed E-state index contributed by atoms with van der Waals surface area (Å²) in [5, 5.41) is 10.0. The highest BCUT2D eigenvalue weighted by Crippen LogP contribution is 2.35. The van der Waals surface area contributed by atoms with E-state index in [2.05, 4.69) is 4.98 Å². The minimum absolute atomic E-state index is 0.0693. The number of aromatic carboxylic acids is 1. The zero-order valence-corrected chi connectivity index (χ0v) is 12.8. The van der Waals surface area contributed by atoms with Gasteiger partial charge in [0.2, 0.25) is 5.88 Å². The third-order valence-electron chi connectivity index (χ3n) is 2.76. The first-order chi connectivity index (χ1) is 10.0. The molecule has 0 atom stereocenters. The fourth-order valence-corrected chi connectivity index (χ4v) is 2.29. The average molecular weight is 326 g/mol. The molecule has 0 unspecified atom stereocenters. The van der Waals surface area contributed by atoms with Crippen molar-refractivity contribution in [3.8, 4) is 17.0 Å². The Morgan fingerprint density at radius 3 is 2.67 bits per heavy atom. The van der Waals surface area contributed by atoms with Gasteiger partial charge in [-0.1, -0.05) is 36.2 Å². The van der Waals surface area contributed by atoms with Crippen LogP contribution in [0.4, 0.5) is 0 Å². The van der Waals surface area contributed by atoms with Gasteiger partial charge >= 0.3 is 5.97 Å². The molecule has 2 rings (SSSR count). The normalized spacial score (nSPS) is 10.4. The number of carbonyl (C=O) groups is 1. The molecule has 1 aromatic carbocycles. The first-order valence-corrected chi connectivity index (χ1v) is 7.10. The van der Waals surface area contributed by atoms with E-state index in [-0.39, 0.29) is 5.56 Å². The Labute approximate surface area is 132 Å². The van der Waals surface area contributed by atoms with E-state index in [1.165, 1.54) is 12.3 Å². The molecule has 0 bridgehead atoms. The fraction of sp³-hybridized carbons (Fsp3) is 0.200. The predicted octanol–water partition coefficient (Wildman–Crippen LogP) is 4.54. The van der Waals surface area contributed by atoms with Crippen molar-refractivity contribution in [3.05, 3.63) is 46.1 Å². The quantitative estimate of drug-likeness (QED) is 0.876. The topological polar surface area (TPSA) is 59.4 Å². The number of benzene rings is 1. The van der Waals surface area contributed by atoms with Crippen LogP contribution in [0, 0.1) is 0 Å². The van der Waals surface area contributed by atoms with Crippen LogP contribution in [0.1, 0.15) is 23.7 Å². The van der Waals surface area contributed by atoms with Crippen LogP contribution in [0.2, 0.25) is 10.0 Å². The second-order valence-electron chi connectivity index (χ2n) is 4.35. The van der Waals surface area contributed by atoms with Crippen LogP contribution in [0.25, 0.3) is 11.1 Å². The van der Waals surface area contributed by atoms with Gasteiger partial charge in [-0.25, -0.2) is 9.78 Å². The van der Waals surface area contributed by atoms with Crippen molar-refractivity contribution in [2.24, 2.45) is 0 Å². The van der Waals surface area contributed by atoms with Crippen molar-refractivity contribution in [1.29, 1.82) is 0 Å². The van der Waals surface area contributed by atoms with E-state index >= 15 is 0 Å². The molecule has 0 saturated carbocycles. The Bertz CT molecular complexity index is 674. The minimum Gasteiger partial charge on any atom is -0.478 e. The zero-order valence-electron chi connectivity index (χ0n) is 11.3. The van der Waals surface area contributed by atoms with Gasteiger partial charge in [-0.2, -0.15) is 0 Å². The number of nitrogens with zero attached hydrogens (tertiary/aromatic N) is 1. The van der Waals surface area contributed by atoms with Crippen LogP contribution in [-0.2, 0) is 0 Å². The summed E-state index contributed by atoms with van der Waals surface area (Å²) in [6.07, 6.45) is 2.08. The number of halogens is 2. The maximum absolute atomic E-state index is 11.1. The lowest BCUT2D eigenvalue weighted by molar-refractivity contribution is 0.0696. The van der Waals surface area contributed by atoms with Gasteiger partial charge in [0, 0.05) is 22.3 Å². The number of aromatic nitrogens is 1. The molecule has 1 heterocycles. The van der Waals surface area contributed by atoms with Gasteiger partial charge in [0.1, 0.15) is 0 Å². The Morgan fingerprint density at radius 1 is 1.29 bits per heavy atom. The van der Waals surface area contributed by atoms with Crippen molar-refractivity contribution in [2.75, 3.05) is 6.61 Å². The van der Waals surface area contributed by atoms with Crippen LogP contribution in [0.5, 0.6) is 5.88 Å². The number of carboxylic acids is 1. The smallest absolute Gasteiger partial charge is 0.337 e. The van der Waals surface area contributed by atoms with Crippen LogP contribution >= 0.6 is 23.2 Å². The second-order valence-corrected chi connectivity index (χ2v) is 5.20. The fourth-order valence-electron chi connectivity index (χ4n) is 1.78. The van der Waals surface area contributed by atoms with E-state index in [1.807, 2.05) is 6.92 Å². The zero-order chi connectivity index (χ0) is 15.4. The Balaban J connectivity index is 2.56. The first-order valence-electron chi connectivity index (χ1n) is 6.34. The number of hydrogen-bond donors (Lipinski definition) is 1. The van der Waals surface area contributed by atoms with Gasteiger partial charge in [-0.3, -0.25) is 0 Å². The molecule has 0 amide bonds. The lowest BCUT2D eigenvalue weighted by Gasteiger charge is -2.12. The van der Waals surface area contributed by atoms with E-state index in [0.29, 0.717) is 33.7 Å². The third-order valence-corrected chi connectivity index (χ3v) is 3.31. The van der Waals surface area contributed by atoms with E-state index in [4.69, 9.17) is 33.0 Å². The summed E-state index contributed by atoms with van der Waals surface area (Å²) in [4.78, 5) is 15.2. The van der Waals surface area contributed by atoms with Crippen LogP contribution < -0.4 is 4.74 Å². The van der Waals surface area contributed by atoms with Gasteiger partial charge in [0.05, 0.1) is 17.2 Å². The molecule has 0 fully saturated rings. The van der Waals surface area contributed by atoms with Crippen molar-refractivity contribution in [1.82, 2.24) is 4.98 Å². The van der Waals surface area contributed by atoms with Gasteiger partial charge < -0.3 is 9.84 Å². The highest BCUT2D eigenvalue weighted by Gasteiger charge is 2.15. The second kappa shape index (κ2) is 6.78. The Morgan fingerprint density at radius 2 is 2.05 bits per heavy atom. The molecule has 4 nitrogen and oxygen atoms in total. The van der Waals surface area contributed by atoms with E-state index < -0.39 is 5.97 Å². The molecule has 110 valence electrons. The molecule has 0 radical (unpaired) electrons. The molecule has 0 spiro atoms. The highest BCUT2D eigenvalue weighted by molar-refractivity contribution is 6.36.